The molecule has 0 heterocycles. The molecule has 0 aliphatic rings. The fraction of sp³-hybridized carbons (Fsp3) is 0.200. The molecule has 20 heavy (non-hydrogen) atoms. The third kappa shape index (κ3) is 3.12. The van der Waals surface area contributed by atoms with Gasteiger partial charge < -0.3 is 20.5 Å². The number of nitrogens with two attached hydrogens (primary N) is 1. The third-order valence-corrected chi connectivity index (χ3v) is 2.75. The first-order valence-corrected chi connectivity index (χ1v) is 6.27. The highest BCUT2D eigenvalue weighted by atomic mass is 19.1. The number of halogens is 1. The molecule has 0 aliphatic heterocycles. The lowest BCUT2D eigenvalue weighted by Crippen LogP contribution is -2.01. The van der Waals surface area contributed by atoms with Crippen LogP contribution in [0.5, 0.6) is 11.5 Å². The molecule has 3 N–H and O–H groups in total. The highest BCUT2D eigenvalue weighted by Gasteiger charge is 2.09. The average molecular weight is 276 g/mol. The maximum Gasteiger partial charge on any atom is 0.167 e. The molecule has 0 amide bonds. The van der Waals surface area contributed by atoms with Crippen LogP contribution in [-0.4, -0.2) is 13.7 Å². The SMILES string of the molecule is CCOc1cc(Nc2cccc(OC)c2)c(N)cc1F. The first-order chi connectivity index (χ1) is 9.63. The topological polar surface area (TPSA) is 56.5 Å². The molecule has 0 unspecified atom stereocenters. The van der Waals surface area contributed by atoms with Gasteiger partial charge in [0.05, 0.1) is 25.1 Å². The third-order valence-electron chi connectivity index (χ3n) is 2.75. The van der Waals surface area contributed by atoms with Crippen molar-refractivity contribution in [1.29, 1.82) is 0 Å². The van der Waals surface area contributed by atoms with E-state index in [2.05, 4.69) is 5.32 Å². The summed E-state index contributed by atoms with van der Waals surface area (Å²) in [5.41, 5.74) is 7.51. The Morgan fingerprint density at radius 2 is 2.05 bits per heavy atom. The zero-order valence-electron chi connectivity index (χ0n) is 11.4. The van der Waals surface area contributed by atoms with Crippen LogP contribution in [0.4, 0.5) is 21.5 Å². The van der Waals surface area contributed by atoms with Crippen LogP contribution in [0.3, 0.4) is 0 Å². The van der Waals surface area contributed by atoms with Gasteiger partial charge in [-0.3, -0.25) is 0 Å². The van der Waals surface area contributed by atoms with Crippen molar-refractivity contribution in [3.8, 4) is 11.5 Å². The van der Waals surface area contributed by atoms with Gasteiger partial charge in [0.2, 0.25) is 0 Å². The predicted molar refractivity (Wildman–Crippen MR) is 78.3 cm³/mol. The molecule has 0 spiro atoms. The van der Waals surface area contributed by atoms with E-state index >= 15 is 0 Å². The smallest absolute Gasteiger partial charge is 0.167 e. The summed E-state index contributed by atoms with van der Waals surface area (Å²) in [6, 6.07) is 10.2. The van der Waals surface area contributed by atoms with Gasteiger partial charge in [-0.05, 0) is 19.1 Å². The van der Waals surface area contributed by atoms with Crippen LogP contribution in [0.2, 0.25) is 0 Å². The van der Waals surface area contributed by atoms with Crippen LogP contribution in [0, 0.1) is 5.82 Å². The minimum atomic E-state index is -0.472. The van der Waals surface area contributed by atoms with Gasteiger partial charge in [0.15, 0.2) is 11.6 Å². The van der Waals surface area contributed by atoms with Crippen molar-refractivity contribution in [3.63, 3.8) is 0 Å². The van der Waals surface area contributed by atoms with E-state index in [1.54, 1.807) is 20.1 Å². The van der Waals surface area contributed by atoms with E-state index in [0.717, 1.165) is 11.4 Å². The molecule has 0 fully saturated rings. The van der Waals surface area contributed by atoms with E-state index in [1.165, 1.54) is 6.07 Å². The Balaban J connectivity index is 2.30. The monoisotopic (exact) mass is 276 g/mol. The van der Waals surface area contributed by atoms with E-state index < -0.39 is 5.82 Å². The molecule has 2 aromatic rings. The molecule has 0 aromatic heterocycles. The Labute approximate surface area is 117 Å². The Morgan fingerprint density at radius 1 is 1.25 bits per heavy atom. The molecule has 0 saturated heterocycles. The van der Waals surface area contributed by atoms with Gasteiger partial charge >= 0.3 is 0 Å². The number of rotatable bonds is 5. The number of methoxy groups -OCH3 is 1. The van der Waals surface area contributed by atoms with Crippen molar-refractivity contribution in [1.82, 2.24) is 0 Å². The second-order valence-corrected chi connectivity index (χ2v) is 4.16. The number of benzene rings is 2. The minimum Gasteiger partial charge on any atom is -0.497 e. The Kier molecular flexibility index (Phi) is 4.30. The van der Waals surface area contributed by atoms with Crippen LogP contribution < -0.4 is 20.5 Å². The number of hydrogen-bond donors (Lipinski definition) is 2. The van der Waals surface area contributed by atoms with Crippen LogP contribution in [0.1, 0.15) is 6.92 Å². The van der Waals surface area contributed by atoms with E-state index in [9.17, 15) is 4.39 Å². The first kappa shape index (κ1) is 14.0. The normalized spacial score (nSPS) is 10.2. The van der Waals surface area contributed by atoms with Crippen molar-refractivity contribution in [2.45, 2.75) is 6.92 Å². The van der Waals surface area contributed by atoms with Crippen LogP contribution in [-0.2, 0) is 0 Å². The fourth-order valence-corrected chi connectivity index (χ4v) is 1.80. The summed E-state index contributed by atoms with van der Waals surface area (Å²) < 4.78 is 24.0. The van der Waals surface area contributed by atoms with Gasteiger partial charge in [-0.25, -0.2) is 4.39 Å². The van der Waals surface area contributed by atoms with Crippen molar-refractivity contribution in [2.75, 3.05) is 24.8 Å². The zero-order valence-corrected chi connectivity index (χ0v) is 11.4. The van der Waals surface area contributed by atoms with Gasteiger partial charge in [-0.2, -0.15) is 0 Å². The molecule has 2 rings (SSSR count). The van der Waals surface area contributed by atoms with E-state index in [4.69, 9.17) is 15.2 Å². The summed E-state index contributed by atoms with van der Waals surface area (Å²) >= 11 is 0. The molecule has 106 valence electrons. The average Bonchev–Trinajstić information content (AvgIpc) is 2.44. The predicted octanol–water partition coefficient (Wildman–Crippen LogP) is 3.56. The summed E-state index contributed by atoms with van der Waals surface area (Å²) in [5, 5.41) is 3.12. The fourth-order valence-electron chi connectivity index (χ4n) is 1.80. The summed E-state index contributed by atoms with van der Waals surface area (Å²) in [5.74, 6) is 0.424. The molecular formula is C15H17FN2O2. The highest BCUT2D eigenvalue weighted by Crippen LogP contribution is 2.31. The van der Waals surface area contributed by atoms with Gasteiger partial charge in [0.1, 0.15) is 5.75 Å². The number of hydrogen-bond acceptors (Lipinski definition) is 4. The van der Waals surface area contributed by atoms with Gasteiger partial charge in [0, 0.05) is 23.9 Å². The summed E-state index contributed by atoms with van der Waals surface area (Å²) in [4.78, 5) is 0. The molecule has 0 saturated carbocycles. The van der Waals surface area contributed by atoms with Crippen molar-refractivity contribution >= 4 is 17.1 Å². The molecule has 0 bridgehead atoms. The van der Waals surface area contributed by atoms with Gasteiger partial charge in [-0.15, -0.1) is 0 Å². The number of nitrogen functional groups attached to an aromatic ring is 1. The maximum absolute atomic E-state index is 13.6. The second kappa shape index (κ2) is 6.14. The number of ether oxygens (including phenoxy) is 2. The number of nitrogens with one attached hydrogen (secondary N) is 1. The van der Waals surface area contributed by atoms with E-state index in [-0.39, 0.29) is 5.75 Å². The largest absolute Gasteiger partial charge is 0.497 e. The summed E-state index contributed by atoms with van der Waals surface area (Å²) in [6.45, 7) is 2.18. The Hall–Kier alpha value is -2.43. The lowest BCUT2D eigenvalue weighted by atomic mass is 10.2. The second-order valence-electron chi connectivity index (χ2n) is 4.16. The first-order valence-electron chi connectivity index (χ1n) is 6.27. The molecule has 4 nitrogen and oxygen atoms in total. The van der Waals surface area contributed by atoms with Crippen molar-refractivity contribution in [2.24, 2.45) is 0 Å². The van der Waals surface area contributed by atoms with Crippen molar-refractivity contribution in [3.05, 3.63) is 42.2 Å². The molecule has 0 radical (unpaired) electrons. The summed E-state index contributed by atoms with van der Waals surface area (Å²) in [6.07, 6.45) is 0. The van der Waals surface area contributed by atoms with Gasteiger partial charge in [0.25, 0.3) is 0 Å². The van der Waals surface area contributed by atoms with E-state index in [1.807, 2.05) is 24.3 Å². The van der Waals surface area contributed by atoms with Crippen LogP contribution in [0.15, 0.2) is 36.4 Å². The number of anilines is 3. The lowest BCUT2D eigenvalue weighted by molar-refractivity contribution is 0.322. The maximum atomic E-state index is 13.6. The molecule has 2 aromatic carbocycles. The van der Waals surface area contributed by atoms with Gasteiger partial charge in [-0.1, -0.05) is 6.07 Å². The van der Waals surface area contributed by atoms with Crippen LogP contribution in [0.25, 0.3) is 0 Å². The Morgan fingerprint density at radius 3 is 2.75 bits per heavy atom. The van der Waals surface area contributed by atoms with E-state index in [0.29, 0.717) is 18.0 Å². The summed E-state index contributed by atoms with van der Waals surface area (Å²) in [7, 11) is 1.60. The quantitative estimate of drug-likeness (QED) is 0.820. The zero-order chi connectivity index (χ0) is 14.5. The lowest BCUT2D eigenvalue weighted by Gasteiger charge is -2.13. The standard InChI is InChI=1S/C15H17FN2O2/c1-3-20-15-9-14(13(17)8-12(15)16)18-10-5-4-6-11(7-10)19-2/h4-9,18H,3,17H2,1-2H3. The van der Waals surface area contributed by atoms with Crippen LogP contribution >= 0.6 is 0 Å². The molecule has 0 aliphatic carbocycles. The van der Waals surface area contributed by atoms with Crippen molar-refractivity contribution < 1.29 is 13.9 Å². The minimum absolute atomic E-state index is 0.173. The molecule has 5 heteroatoms. The Bertz CT molecular complexity index is 602. The highest BCUT2D eigenvalue weighted by molar-refractivity contribution is 5.74. The molecular weight excluding hydrogens is 259 g/mol. The molecule has 0 atom stereocenters.